The van der Waals surface area contributed by atoms with E-state index in [1.165, 1.54) is 5.56 Å². The summed E-state index contributed by atoms with van der Waals surface area (Å²) in [6, 6.07) is 6.46. The lowest BCUT2D eigenvalue weighted by molar-refractivity contribution is 0.245. The maximum absolute atomic E-state index is 6.36. The second kappa shape index (κ2) is 4.59. The fourth-order valence-corrected chi connectivity index (χ4v) is 2.97. The first kappa shape index (κ1) is 12.9. The maximum Gasteiger partial charge on any atom is 0.133 e. The van der Waals surface area contributed by atoms with Crippen LogP contribution in [-0.2, 0) is 0 Å². The molecule has 0 saturated heterocycles. The van der Waals surface area contributed by atoms with Crippen LogP contribution in [0.25, 0.3) is 0 Å². The lowest BCUT2D eigenvalue weighted by Crippen LogP contribution is -2.39. The standard InChI is InChI=1S/C13H19BrN2O/c1-16(2)12(13(15)6-7-13)9-4-5-11(17-3)10(14)8-9/h4-5,8,12H,6-7,15H2,1-3H3. The van der Waals surface area contributed by atoms with Gasteiger partial charge in [0.1, 0.15) is 5.75 Å². The molecule has 0 aliphatic heterocycles. The molecule has 0 amide bonds. The average Bonchev–Trinajstić information content (AvgIpc) is 2.96. The van der Waals surface area contributed by atoms with Crippen LogP contribution in [0.1, 0.15) is 24.4 Å². The van der Waals surface area contributed by atoms with Crippen molar-refractivity contribution in [3.63, 3.8) is 0 Å². The van der Waals surface area contributed by atoms with E-state index >= 15 is 0 Å². The molecule has 4 heteroatoms. The van der Waals surface area contributed by atoms with Gasteiger partial charge in [-0.1, -0.05) is 6.07 Å². The summed E-state index contributed by atoms with van der Waals surface area (Å²) in [7, 11) is 5.83. The summed E-state index contributed by atoms with van der Waals surface area (Å²) >= 11 is 3.53. The third kappa shape index (κ3) is 2.49. The summed E-state index contributed by atoms with van der Waals surface area (Å²) in [4.78, 5) is 2.20. The van der Waals surface area contributed by atoms with Crippen LogP contribution in [0.5, 0.6) is 5.75 Å². The second-order valence-electron chi connectivity index (χ2n) is 4.99. The lowest BCUT2D eigenvalue weighted by Gasteiger charge is -2.30. The number of benzene rings is 1. The first-order valence-electron chi connectivity index (χ1n) is 5.77. The number of nitrogens with zero attached hydrogens (tertiary/aromatic N) is 1. The molecular weight excluding hydrogens is 280 g/mol. The number of halogens is 1. The van der Waals surface area contributed by atoms with Crippen LogP contribution in [0.15, 0.2) is 22.7 Å². The van der Waals surface area contributed by atoms with E-state index in [1.807, 2.05) is 6.07 Å². The molecule has 3 nitrogen and oxygen atoms in total. The zero-order chi connectivity index (χ0) is 12.6. The number of ether oxygens (including phenoxy) is 1. The third-order valence-electron chi connectivity index (χ3n) is 3.38. The van der Waals surface area contributed by atoms with Crippen LogP contribution in [0.4, 0.5) is 0 Å². The molecule has 0 radical (unpaired) electrons. The number of nitrogens with two attached hydrogens (primary N) is 1. The molecule has 1 aromatic carbocycles. The van der Waals surface area contributed by atoms with E-state index in [4.69, 9.17) is 10.5 Å². The van der Waals surface area contributed by atoms with E-state index < -0.39 is 0 Å². The number of methoxy groups -OCH3 is 1. The maximum atomic E-state index is 6.36. The van der Waals surface area contributed by atoms with Gasteiger partial charge in [-0.2, -0.15) is 0 Å². The molecule has 1 unspecified atom stereocenters. The number of hydrogen-bond acceptors (Lipinski definition) is 3. The molecule has 1 aliphatic rings. The Kier molecular flexibility index (Phi) is 3.48. The van der Waals surface area contributed by atoms with Gasteiger partial charge in [0, 0.05) is 5.54 Å². The molecule has 2 rings (SSSR count). The van der Waals surface area contributed by atoms with Crippen LogP contribution in [0, 0.1) is 0 Å². The molecule has 1 fully saturated rings. The summed E-state index contributed by atoms with van der Waals surface area (Å²) in [5, 5.41) is 0. The van der Waals surface area contributed by atoms with Gasteiger partial charge in [-0.05, 0) is 60.6 Å². The van der Waals surface area contributed by atoms with Crippen LogP contribution >= 0.6 is 15.9 Å². The Morgan fingerprint density at radius 1 is 1.41 bits per heavy atom. The Labute approximate surface area is 111 Å². The highest BCUT2D eigenvalue weighted by Crippen LogP contribution is 2.46. The molecule has 2 N–H and O–H groups in total. The van der Waals surface area contributed by atoms with E-state index in [-0.39, 0.29) is 11.6 Å². The molecule has 0 bridgehead atoms. The predicted molar refractivity (Wildman–Crippen MR) is 73.3 cm³/mol. The van der Waals surface area contributed by atoms with Gasteiger partial charge in [0.2, 0.25) is 0 Å². The number of likely N-dealkylation sites (N-methyl/N-ethyl adjacent to an activating group) is 1. The van der Waals surface area contributed by atoms with Crippen LogP contribution in [0.3, 0.4) is 0 Å². The molecule has 0 heterocycles. The molecule has 94 valence electrons. The van der Waals surface area contributed by atoms with Crippen molar-refractivity contribution in [2.75, 3.05) is 21.2 Å². The number of rotatable bonds is 4. The molecule has 1 aromatic rings. The highest BCUT2D eigenvalue weighted by atomic mass is 79.9. The van der Waals surface area contributed by atoms with Gasteiger partial charge < -0.3 is 15.4 Å². The molecule has 1 atom stereocenters. The average molecular weight is 299 g/mol. The fraction of sp³-hybridized carbons (Fsp3) is 0.538. The zero-order valence-corrected chi connectivity index (χ0v) is 12.1. The Balaban J connectivity index is 2.34. The van der Waals surface area contributed by atoms with Gasteiger partial charge in [-0.25, -0.2) is 0 Å². The third-order valence-corrected chi connectivity index (χ3v) is 4.00. The fourth-order valence-electron chi connectivity index (χ4n) is 2.41. The minimum absolute atomic E-state index is 0.0580. The van der Waals surface area contributed by atoms with Crippen molar-refractivity contribution in [3.05, 3.63) is 28.2 Å². The summed E-state index contributed by atoms with van der Waals surface area (Å²) in [6.45, 7) is 0. The molecule has 0 aromatic heterocycles. The first-order valence-corrected chi connectivity index (χ1v) is 6.56. The SMILES string of the molecule is COc1ccc(C(N(C)C)C2(N)CC2)cc1Br. The van der Waals surface area contributed by atoms with Crippen molar-refractivity contribution < 1.29 is 4.74 Å². The Morgan fingerprint density at radius 2 is 2.06 bits per heavy atom. The zero-order valence-electron chi connectivity index (χ0n) is 10.5. The van der Waals surface area contributed by atoms with E-state index in [1.54, 1.807) is 7.11 Å². The van der Waals surface area contributed by atoms with Crippen LogP contribution < -0.4 is 10.5 Å². The topological polar surface area (TPSA) is 38.5 Å². The Hall–Kier alpha value is -0.580. The van der Waals surface area contributed by atoms with E-state index in [0.29, 0.717) is 0 Å². The van der Waals surface area contributed by atoms with Gasteiger partial charge in [0.15, 0.2) is 0 Å². The van der Waals surface area contributed by atoms with Gasteiger partial charge in [-0.3, -0.25) is 0 Å². The van der Waals surface area contributed by atoms with Crippen molar-refractivity contribution in [2.45, 2.75) is 24.4 Å². The largest absolute Gasteiger partial charge is 0.496 e. The summed E-state index contributed by atoms with van der Waals surface area (Å²) in [5.41, 5.74) is 7.54. The summed E-state index contributed by atoms with van der Waals surface area (Å²) in [5.74, 6) is 0.855. The molecular formula is C13H19BrN2O. The van der Waals surface area contributed by atoms with Gasteiger partial charge in [-0.15, -0.1) is 0 Å². The quantitative estimate of drug-likeness (QED) is 0.928. The van der Waals surface area contributed by atoms with E-state index in [0.717, 1.165) is 23.1 Å². The summed E-state index contributed by atoms with van der Waals surface area (Å²) in [6.07, 6.45) is 2.19. The van der Waals surface area contributed by atoms with Crippen LogP contribution in [-0.4, -0.2) is 31.6 Å². The van der Waals surface area contributed by atoms with Crippen molar-refractivity contribution in [1.82, 2.24) is 4.90 Å². The van der Waals surface area contributed by atoms with E-state index in [9.17, 15) is 0 Å². The van der Waals surface area contributed by atoms with Crippen molar-refractivity contribution >= 4 is 15.9 Å². The monoisotopic (exact) mass is 298 g/mol. The highest BCUT2D eigenvalue weighted by molar-refractivity contribution is 9.10. The molecule has 1 saturated carbocycles. The lowest BCUT2D eigenvalue weighted by atomic mass is 9.97. The van der Waals surface area contributed by atoms with Crippen LogP contribution in [0.2, 0.25) is 0 Å². The highest BCUT2D eigenvalue weighted by Gasteiger charge is 2.47. The second-order valence-corrected chi connectivity index (χ2v) is 5.85. The summed E-state index contributed by atoms with van der Waals surface area (Å²) < 4.78 is 6.23. The van der Waals surface area contributed by atoms with Gasteiger partial charge >= 0.3 is 0 Å². The molecule has 17 heavy (non-hydrogen) atoms. The van der Waals surface area contributed by atoms with E-state index in [2.05, 4.69) is 47.1 Å². The molecule has 0 spiro atoms. The normalized spacial score (nSPS) is 19.2. The Morgan fingerprint density at radius 3 is 2.47 bits per heavy atom. The minimum atomic E-state index is -0.0580. The number of hydrogen-bond donors (Lipinski definition) is 1. The van der Waals surface area contributed by atoms with Crippen molar-refractivity contribution in [2.24, 2.45) is 5.73 Å². The first-order chi connectivity index (χ1) is 7.98. The predicted octanol–water partition coefficient (Wildman–Crippen LogP) is 2.55. The van der Waals surface area contributed by atoms with Crippen molar-refractivity contribution in [1.29, 1.82) is 0 Å². The van der Waals surface area contributed by atoms with Gasteiger partial charge in [0.25, 0.3) is 0 Å². The van der Waals surface area contributed by atoms with Gasteiger partial charge in [0.05, 0.1) is 17.6 Å². The smallest absolute Gasteiger partial charge is 0.133 e. The minimum Gasteiger partial charge on any atom is -0.496 e. The van der Waals surface area contributed by atoms with Crippen molar-refractivity contribution in [3.8, 4) is 5.75 Å². The Bertz CT molecular complexity index is 416. The molecule has 1 aliphatic carbocycles.